The molecule has 5 nitrogen and oxygen atoms in total. The number of carbonyl (C=O) groups excluding carboxylic acids is 3. The number of amides is 3. The topological polar surface area (TPSA) is 57.7 Å². The maximum Gasteiger partial charge on any atom is 0.257 e. The third-order valence-corrected chi connectivity index (χ3v) is 7.66. The predicted molar refractivity (Wildman–Crippen MR) is 105 cm³/mol. The first-order chi connectivity index (χ1) is 13.8. The van der Waals surface area contributed by atoms with Gasteiger partial charge in [0, 0.05) is 13.5 Å². The van der Waals surface area contributed by atoms with E-state index < -0.39 is 11.9 Å². The zero-order valence-electron chi connectivity index (χ0n) is 16.8. The lowest BCUT2D eigenvalue weighted by atomic mass is 9.49. The van der Waals surface area contributed by atoms with E-state index in [2.05, 4.69) is 0 Å². The largest absolute Gasteiger partial charge is 0.330 e. The Hall–Kier alpha value is -2.24. The molecule has 3 amide bonds. The number of benzene rings is 1. The molecule has 5 aliphatic rings. The molecule has 4 aliphatic carbocycles. The fraction of sp³-hybridized carbons (Fsp3) is 0.609. The summed E-state index contributed by atoms with van der Waals surface area (Å²) in [5.41, 5.74) is 0.467. The van der Waals surface area contributed by atoms with Crippen molar-refractivity contribution in [1.29, 1.82) is 0 Å². The van der Waals surface area contributed by atoms with Crippen molar-refractivity contribution >= 4 is 23.4 Å². The summed E-state index contributed by atoms with van der Waals surface area (Å²) >= 11 is 0. The molecule has 1 atom stereocenters. The van der Waals surface area contributed by atoms with Crippen molar-refractivity contribution < 1.29 is 18.8 Å². The fourth-order valence-corrected chi connectivity index (χ4v) is 7.01. The lowest BCUT2D eigenvalue weighted by Gasteiger charge is -2.58. The number of carbonyl (C=O) groups is 3. The second kappa shape index (κ2) is 6.64. The minimum Gasteiger partial charge on any atom is -0.330 e. The molecule has 0 unspecified atom stereocenters. The summed E-state index contributed by atoms with van der Waals surface area (Å²) in [6.45, 7) is 2.07. The van der Waals surface area contributed by atoms with Gasteiger partial charge in [-0.05, 0) is 86.0 Å². The van der Waals surface area contributed by atoms with E-state index in [0.29, 0.717) is 12.2 Å². The van der Waals surface area contributed by atoms with Crippen LogP contribution in [0.2, 0.25) is 0 Å². The summed E-state index contributed by atoms with van der Waals surface area (Å²) in [6, 6.07) is 4.59. The molecule has 1 aliphatic heterocycles. The molecular weight excluding hydrogens is 371 g/mol. The second-order valence-corrected chi connectivity index (χ2v) is 9.83. The van der Waals surface area contributed by atoms with Crippen LogP contribution in [0.15, 0.2) is 24.3 Å². The van der Waals surface area contributed by atoms with Gasteiger partial charge in [0.15, 0.2) is 0 Å². The van der Waals surface area contributed by atoms with Crippen molar-refractivity contribution in [3.63, 3.8) is 0 Å². The molecule has 1 heterocycles. The molecule has 4 bridgehead atoms. The molecule has 154 valence electrons. The summed E-state index contributed by atoms with van der Waals surface area (Å²) in [5.74, 6) is 0.999. The van der Waals surface area contributed by atoms with Gasteiger partial charge >= 0.3 is 0 Å². The van der Waals surface area contributed by atoms with Gasteiger partial charge in [-0.3, -0.25) is 14.4 Å². The Morgan fingerprint density at radius 3 is 2.14 bits per heavy atom. The van der Waals surface area contributed by atoms with E-state index in [-0.39, 0.29) is 29.6 Å². The van der Waals surface area contributed by atoms with Crippen LogP contribution in [0.25, 0.3) is 0 Å². The number of anilines is 1. The average Bonchev–Trinajstić information content (AvgIpc) is 2.93. The van der Waals surface area contributed by atoms with Crippen molar-refractivity contribution in [2.75, 3.05) is 11.4 Å². The molecule has 0 N–H and O–H groups in total. The SMILES string of the molecule is CC(=O)N(CC12CC3CC(CC(C3)C1)C2)[C@@H]1CC(=O)N(c2ccc(F)cc2)C1=O. The van der Waals surface area contributed by atoms with Gasteiger partial charge in [0.2, 0.25) is 11.8 Å². The molecule has 6 heteroatoms. The van der Waals surface area contributed by atoms with Gasteiger partial charge in [-0.1, -0.05) is 0 Å². The van der Waals surface area contributed by atoms with E-state index in [4.69, 9.17) is 0 Å². The van der Waals surface area contributed by atoms with Gasteiger partial charge in [-0.2, -0.15) is 0 Å². The zero-order chi connectivity index (χ0) is 20.3. The monoisotopic (exact) mass is 398 g/mol. The molecule has 6 rings (SSSR count). The normalized spacial score (nSPS) is 35.4. The molecule has 0 spiro atoms. The number of halogens is 1. The van der Waals surface area contributed by atoms with E-state index in [1.54, 1.807) is 4.90 Å². The Morgan fingerprint density at radius 2 is 1.62 bits per heavy atom. The van der Waals surface area contributed by atoms with Crippen LogP contribution >= 0.6 is 0 Å². The van der Waals surface area contributed by atoms with Gasteiger partial charge in [-0.15, -0.1) is 0 Å². The van der Waals surface area contributed by atoms with Gasteiger partial charge in [0.1, 0.15) is 11.9 Å². The number of hydrogen-bond donors (Lipinski definition) is 0. The van der Waals surface area contributed by atoms with Crippen LogP contribution < -0.4 is 4.90 Å². The molecule has 0 radical (unpaired) electrons. The third-order valence-electron chi connectivity index (χ3n) is 7.66. The molecule has 5 fully saturated rings. The average molecular weight is 398 g/mol. The van der Waals surface area contributed by atoms with Gasteiger partial charge in [-0.25, -0.2) is 9.29 Å². The first-order valence-electron chi connectivity index (χ1n) is 10.7. The minimum absolute atomic E-state index is 0.00214. The highest BCUT2D eigenvalue weighted by Gasteiger charge is 2.53. The highest BCUT2D eigenvalue weighted by Crippen LogP contribution is 2.60. The maximum absolute atomic E-state index is 13.3. The third kappa shape index (κ3) is 3.17. The van der Waals surface area contributed by atoms with Crippen LogP contribution in [0.5, 0.6) is 0 Å². The zero-order valence-corrected chi connectivity index (χ0v) is 16.8. The smallest absolute Gasteiger partial charge is 0.257 e. The van der Waals surface area contributed by atoms with Crippen molar-refractivity contribution in [3.8, 4) is 0 Å². The Labute approximate surface area is 170 Å². The highest BCUT2D eigenvalue weighted by molar-refractivity contribution is 6.22. The number of nitrogens with zero attached hydrogens (tertiary/aromatic N) is 2. The summed E-state index contributed by atoms with van der Waals surface area (Å²) in [6.07, 6.45) is 7.37. The summed E-state index contributed by atoms with van der Waals surface area (Å²) in [7, 11) is 0. The first kappa shape index (κ1) is 18.8. The van der Waals surface area contributed by atoms with E-state index in [0.717, 1.165) is 41.9 Å². The molecule has 0 aromatic heterocycles. The minimum atomic E-state index is -0.752. The Bertz CT molecular complexity index is 830. The van der Waals surface area contributed by atoms with Gasteiger partial charge in [0.25, 0.3) is 5.91 Å². The summed E-state index contributed by atoms with van der Waals surface area (Å²) in [4.78, 5) is 41.2. The van der Waals surface area contributed by atoms with Crippen molar-refractivity contribution in [2.24, 2.45) is 23.2 Å². The van der Waals surface area contributed by atoms with E-state index in [9.17, 15) is 18.8 Å². The molecule has 1 saturated heterocycles. The fourth-order valence-electron chi connectivity index (χ4n) is 7.01. The molecule has 1 aromatic rings. The molecule has 4 saturated carbocycles. The van der Waals surface area contributed by atoms with Crippen molar-refractivity contribution in [2.45, 2.75) is 57.9 Å². The van der Waals surface area contributed by atoms with Crippen LogP contribution in [-0.2, 0) is 14.4 Å². The Kier molecular flexibility index (Phi) is 4.30. The quantitative estimate of drug-likeness (QED) is 0.729. The van der Waals surface area contributed by atoms with Crippen LogP contribution in [-0.4, -0.2) is 35.2 Å². The lowest BCUT2D eigenvalue weighted by molar-refractivity contribution is -0.143. The van der Waals surface area contributed by atoms with Gasteiger partial charge in [0.05, 0.1) is 12.1 Å². The summed E-state index contributed by atoms with van der Waals surface area (Å²) in [5, 5.41) is 0. The van der Waals surface area contributed by atoms with Crippen molar-refractivity contribution in [3.05, 3.63) is 30.1 Å². The number of hydrogen-bond acceptors (Lipinski definition) is 3. The van der Waals surface area contributed by atoms with Crippen LogP contribution in [0.4, 0.5) is 10.1 Å². The number of rotatable bonds is 4. The predicted octanol–water partition coefficient (Wildman–Crippen LogP) is 3.52. The molecule has 1 aromatic carbocycles. The van der Waals surface area contributed by atoms with E-state index in [1.807, 2.05) is 0 Å². The summed E-state index contributed by atoms with van der Waals surface area (Å²) < 4.78 is 13.3. The standard InChI is InChI=1S/C23H27FN2O3/c1-14(27)25(13-23-10-15-6-16(11-23)8-17(7-15)12-23)20-9-21(28)26(22(20)29)19-4-2-18(24)3-5-19/h2-5,15-17,20H,6-13H2,1H3/t15?,16?,17?,20-,23?/m1/s1. The highest BCUT2D eigenvalue weighted by atomic mass is 19.1. The second-order valence-electron chi connectivity index (χ2n) is 9.83. The van der Waals surface area contributed by atoms with Crippen molar-refractivity contribution in [1.82, 2.24) is 4.90 Å². The molecule has 29 heavy (non-hydrogen) atoms. The number of imide groups is 1. The maximum atomic E-state index is 13.3. The Balaban J connectivity index is 1.39. The first-order valence-corrected chi connectivity index (χ1v) is 10.7. The van der Waals surface area contributed by atoms with Crippen LogP contribution in [0.1, 0.15) is 51.9 Å². The molecular formula is C23H27FN2O3. The Morgan fingerprint density at radius 1 is 1.07 bits per heavy atom. The lowest BCUT2D eigenvalue weighted by Crippen LogP contribution is -2.55. The van der Waals surface area contributed by atoms with Crippen LogP contribution in [0, 0.1) is 29.0 Å². The van der Waals surface area contributed by atoms with E-state index >= 15 is 0 Å². The van der Waals surface area contributed by atoms with Crippen LogP contribution in [0.3, 0.4) is 0 Å². The van der Waals surface area contributed by atoms with Gasteiger partial charge < -0.3 is 4.90 Å². The van der Waals surface area contributed by atoms with E-state index in [1.165, 1.54) is 50.5 Å².